The van der Waals surface area contributed by atoms with E-state index < -0.39 is 0 Å². The van der Waals surface area contributed by atoms with Gasteiger partial charge in [0, 0.05) is 6.61 Å². The predicted molar refractivity (Wildman–Crippen MR) is 60.8 cm³/mol. The lowest BCUT2D eigenvalue weighted by atomic mass is 10.0. The molecule has 1 atom stereocenters. The number of hydrogen-bond donors (Lipinski definition) is 2. The fourth-order valence-electron chi connectivity index (χ4n) is 1.67. The Hall–Kier alpha value is -1.62. The summed E-state index contributed by atoms with van der Waals surface area (Å²) in [4.78, 5) is 15.7. The van der Waals surface area contributed by atoms with E-state index in [9.17, 15) is 4.79 Å². The van der Waals surface area contributed by atoms with Crippen molar-refractivity contribution >= 4 is 17.4 Å². The van der Waals surface area contributed by atoms with Gasteiger partial charge < -0.3 is 15.8 Å². The van der Waals surface area contributed by atoms with Crippen LogP contribution >= 0.6 is 0 Å². The standard InChI is InChI=1S/C11H15N3O2/c12-10-4-3-9(6-13-10)14-11(15)8-2-1-5-16-7-8/h3-4,6,8H,1-2,5,7H2,(H2,12,13)(H,14,15). The second-order valence-electron chi connectivity index (χ2n) is 3.88. The van der Waals surface area contributed by atoms with Crippen LogP contribution in [0.25, 0.3) is 0 Å². The minimum atomic E-state index is -0.0497. The summed E-state index contributed by atoms with van der Waals surface area (Å²) < 4.78 is 5.26. The average Bonchev–Trinajstić information content (AvgIpc) is 2.33. The van der Waals surface area contributed by atoms with Gasteiger partial charge in [0.1, 0.15) is 5.82 Å². The quantitative estimate of drug-likeness (QED) is 0.782. The molecule has 0 aliphatic carbocycles. The molecule has 0 radical (unpaired) electrons. The van der Waals surface area contributed by atoms with Crippen molar-refractivity contribution in [3.63, 3.8) is 0 Å². The number of carbonyl (C=O) groups excluding carboxylic acids is 1. The first-order valence-corrected chi connectivity index (χ1v) is 5.36. The zero-order valence-corrected chi connectivity index (χ0v) is 8.98. The van der Waals surface area contributed by atoms with Gasteiger partial charge in [0.25, 0.3) is 0 Å². The zero-order chi connectivity index (χ0) is 11.4. The summed E-state index contributed by atoms with van der Waals surface area (Å²) >= 11 is 0. The summed E-state index contributed by atoms with van der Waals surface area (Å²) in [7, 11) is 0. The van der Waals surface area contributed by atoms with Gasteiger partial charge in [-0.25, -0.2) is 4.98 Å². The van der Waals surface area contributed by atoms with Gasteiger partial charge in [0.15, 0.2) is 0 Å². The van der Waals surface area contributed by atoms with E-state index in [2.05, 4.69) is 10.3 Å². The van der Waals surface area contributed by atoms with Gasteiger partial charge in [-0.3, -0.25) is 4.79 Å². The topological polar surface area (TPSA) is 77.2 Å². The molecule has 1 aromatic heterocycles. The van der Waals surface area contributed by atoms with Crippen molar-refractivity contribution in [2.45, 2.75) is 12.8 Å². The number of nitrogens with one attached hydrogen (secondary N) is 1. The summed E-state index contributed by atoms with van der Waals surface area (Å²) in [6.45, 7) is 1.27. The molecule has 16 heavy (non-hydrogen) atoms. The molecule has 0 spiro atoms. The summed E-state index contributed by atoms with van der Waals surface area (Å²) in [5.41, 5.74) is 6.13. The number of anilines is 2. The Morgan fingerprint density at radius 1 is 1.56 bits per heavy atom. The molecule has 5 heteroatoms. The first-order valence-electron chi connectivity index (χ1n) is 5.36. The number of aromatic nitrogens is 1. The fraction of sp³-hybridized carbons (Fsp3) is 0.455. The monoisotopic (exact) mass is 221 g/mol. The summed E-state index contributed by atoms with van der Waals surface area (Å²) in [5.74, 6) is 0.386. The largest absolute Gasteiger partial charge is 0.384 e. The molecule has 0 aromatic carbocycles. The highest BCUT2D eigenvalue weighted by Gasteiger charge is 2.21. The second-order valence-corrected chi connectivity index (χ2v) is 3.88. The highest BCUT2D eigenvalue weighted by atomic mass is 16.5. The van der Waals surface area contributed by atoms with Crippen LogP contribution in [0.4, 0.5) is 11.5 Å². The number of nitrogen functional groups attached to an aromatic ring is 1. The SMILES string of the molecule is Nc1ccc(NC(=O)C2CCCOC2)cn1. The number of carbonyl (C=O) groups is 1. The van der Waals surface area contributed by atoms with Crippen molar-refractivity contribution in [1.82, 2.24) is 4.98 Å². The van der Waals surface area contributed by atoms with Crippen LogP contribution in [0.15, 0.2) is 18.3 Å². The van der Waals surface area contributed by atoms with E-state index in [1.54, 1.807) is 18.3 Å². The highest BCUT2D eigenvalue weighted by molar-refractivity contribution is 5.92. The van der Waals surface area contributed by atoms with Gasteiger partial charge in [-0.2, -0.15) is 0 Å². The van der Waals surface area contributed by atoms with E-state index in [0.29, 0.717) is 18.1 Å². The van der Waals surface area contributed by atoms with Crippen molar-refractivity contribution in [1.29, 1.82) is 0 Å². The molecule has 1 saturated heterocycles. The third-order valence-electron chi connectivity index (χ3n) is 2.58. The molecule has 1 aliphatic heterocycles. The molecule has 1 amide bonds. The number of nitrogens with two attached hydrogens (primary N) is 1. The maximum atomic E-state index is 11.8. The van der Waals surface area contributed by atoms with Gasteiger partial charge in [-0.05, 0) is 25.0 Å². The normalized spacial score (nSPS) is 20.4. The van der Waals surface area contributed by atoms with Gasteiger partial charge >= 0.3 is 0 Å². The summed E-state index contributed by atoms with van der Waals surface area (Å²) in [6.07, 6.45) is 3.38. The highest BCUT2D eigenvalue weighted by Crippen LogP contribution is 2.16. The molecule has 1 unspecified atom stereocenters. The Kier molecular flexibility index (Phi) is 3.36. The Bertz CT molecular complexity index is 358. The summed E-state index contributed by atoms with van der Waals surface area (Å²) in [5, 5.41) is 2.80. The number of nitrogens with zero attached hydrogens (tertiary/aromatic N) is 1. The molecular formula is C11H15N3O2. The van der Waals surface area contributed by atoms with E-state index in [0.717, 1.165) is 19.4 Å². The molecule has 1 aromatic rings. The van der Waals surface area contributed by atoms with Gasteiger partial charge in [0.05, 0.1) is 24.4 Å². The Morgan fingerprint density at radius 2 is 2.44 bits per heavy atom. The number of pyridine rings is 1. The minimum absolute atomic E-state index is 0.00808. The smallest absolute Gasteiger partial charge is 0.229 e. The summed E-state index contributed by atoms with van der Waals surface area (Å²) in [6, 6.07) is 3.40. The lowest BCUT2D eigenvalue weighted by Crippen LogP contribution is -2.30. The van der Waals surface area contributed by atoms with E-state index in [-0.39, 0.29) is 11.8 Å². The first-order chi connectivity index (χ1) is 7.75. The third kappa shape index (κ3) is 2.70. The van der Waals surface area contributed by atoms with Crippen molar-refractivity contribution in [3.8, 4) is 0 Å². The molecule has 1 aliphatic rings. The molecule has 5 nitrogen and oxygen atoms in total. The maximum Gasteiger partial charge on any atom is 0.229 e. The van der Waals surface area contributed by atoms with Crippen LogP contribution in [0.2, 0.25) is 0 Å². The zero-order valence-electron chi connectivity index (χ0n) is 8.98. The molecule has 0 saturated carbocycles. The van der Waals surface area contributed by atoms with E-state index >= 15 is 0 Å². The van der Waals surface area contributed by atoms with E-state index in [1.807, 2.05) is 0 Å². The van der Waals surface area contributed by atoms with Crippen LogP contribution in [-0.2, 0) is 9.53 Å². The van der Waals surface area contributed by atoms with E-state index in [1.165, 1.54) is 0 Å². The lowest BCUT2D eigenvalue weighted by molar-refractivity contribution is -0.123. The number of ether oxygens (including phenoxy) is 1. The minimum Gasteiger partial charge on any atom is -0.384 e. The van der Waals surface area contributed by atoms with Crippen LogP contribution < -0.4 is 11.1 Å². The van der Waals surface area contributed by atoms with E-state index in [4.69, 9.17) is 10.5 Å². The molecule has 86 valence electrons. The van der Waals surface area contributed by atoms with Crippen molar-refractivity contribution < 1.29 is 9.53 Å². The van der Waals surface area contributed by atoms with Crippen molar-refractivity contribution in [2.24, 2.45) is 5.92 Å². The Labute approximate surface area is 94.0 Å². The average molecular weight is 221 g/mol. The molecule has 2 rings (SSSR count). The van der Waals surface area contributed by atoms with Crippen LogP contribution in [0.5, 0.6) is 0 Å². The van der Waals surface area contributed by atoms with Crippen molar-refractivity contribution in [2.75, 3.05) is 24.3 Å². The number of hydrogen-bond acceptors (Lipinski definition) is 4. The van der Waals surface area contributed by atoms with Gasteiger partial charge in [-0.15, -0.1) is 0 Å². The molecule has 1 fully saturated rings. The predicted octanol–water partition coefficient (Wildman–Crippen LogP) is 1.03. The van der Waals surface area contributed by atoms with Gasteiger partial charge in [-0.1, -0.05) is 0 Å². The third-order valence-corrected chi connectivity index (χ3v) is 2.58. The van der Waals surface area contributed by atoms with Crippen molar-refractivity contribution in [3.05, 3.63) is 18.3 Å². The molecular weight excluding hydrogens is 206 g/mol. The second kappa shape index (κ2) is 4.94. The van der Waals surface area contributed by atoms with Crippen LogP contribution in [-0.4, -0.2) is 24.1 Å². The Balaban J connectivity index is 1.93. The Morgan fingerprint density at radius 3 is 3.06 bits per heavy atom. The fourth-order valence-corrected chi connectivity index (χ4v) is 1.67. The lowest BCUT2D eigenvalue weighted by Gasteiger charge is -2.21. The van der Waals surface area contributed by atoms with Crippen LogP contribution in [0, 0.1) is 5.92 Å². The molecule has 3 N–H and O–H groups in total. The number of rotatable bonds is 2. The molecule has 0 bridgehead atoms. The number of amides is 1. The van der Waals surface area contributed by atoms with Crippen LogP contribution in [0.3, 0.4) is 0 Å². The first kappa shape index (κ1) is 10.9. The van der Waals surface area contributed by atoms with Gasteiger partial charge in [0.2, 0.25) is 5.91 Å². The molecule has 2 heterocycles. The maximum absolute atomic E-state index is 11.8. The van der Waals surface area contributed by atoms with Crippen LogP contribution in [0.1, 0.15) is 12.8 Å².